The molecule has 11 heteroatoms. The number of aryl methyl sites for hydroxylation is 1. The van der Waals surface area contributed by atoms with Gasteiger partial charge < -0.3 is 15.2 Å². The van der Waals surface area contributed by atoms with Gasteiger partial charge in [-0.1, -0.05) is 22.9 Å². The van der Waals surface area contributed by atoms with Gasteiger partial charge in [-0.2, -0.15) is 0 Å². The van der Waals surface area contributed by atoms with Gasteiger partial charge in [0.05, 0.1) is 17.2 Å². The Balaban J connectivity index is 1.81. The van der Waals surface area contributed by atoms with Crippen LogP contribution in [0.25, 0.3) is 21.1 Å². The lowest BCUT2D eigenvalue weighted by molar-refractivity contribution is 0.122. The number of anilines is 1. The summed E-state index contributed by atoms with van der Waals surface area (Å²) in [6, 6.07) is 4.31. The Hall–Kier alpha value is -2.04. The van der Waals surface area contributed by atoms with Gasteiger partial charge in [0.25, 0.3) is 0 Å². The Bertz CT molecular complexity index is 1080. The van der Waals surface area contributed by atoms with E-state index in [-0.39, 0.29) is 23.4 Å². The second-order valence-corrected chi connectivity index (χ2v) is 9.23. The van der Waals surface area contributed by atoms with Crippen molar-refractivity contribution in [1.29, 1.82) is 0 Å². The lowest BCUT2D eigenvalue weighted by Crippen LogP contribution is -2.38. The molecule has 0 spiro atoms. The number of nitrogens with one attached hydrogen (secondary N) is 2. The highest BCUT2D eigenvalue weighted by atomic mass is 35.5. The number of hydrogen-bond donors (Lipinski definition) is 3. The molecule has 0 amide bonds. The van der Waals surface area contributed by atoms with Crippen molar-refractivity contribution in [3.63, 3.8) is 0 Å². The molecule has 0 aliphatic heterocycles. The number of aliphatic hydroxyl groups excluding tert-OH is 1. The normalized spacial score (nSPS) is 13.3. The number of pyridine rings is 1. The molecule has 0 unspecified atom stereocenters. The molecule has 1 aromatic carbocycles. The van der Waals surface area contributed by atoms with Crippen molar-refractivity contribution in [3.05, 3.63) is 40.8 Å². The summed E-state index contributed by atoms with van der Waals surface area (Å²) >= 11 is 13.2. The van der Waals surface area contributed by atoms with Gasteiger partial charge in [-0.25, -0.2) is 14.2 Å². The summed E-state index contributed by atoms with van der Waals surface area (Å²) in [6.07, 6.45) is 0.948. The van der Waals surface area contributed by atoms with Crippen molar-refractivity contribution in [3.8, 4) is 26.9 Å². The second-order valence-electron chi connectivity index (χ2n) is 7.63. The van der Waals surface area contributed by atoms with E-state index in [9.17, 15) is 9.50 Å². The van der Waals surface area contributed by atoms with E-state index in [1.807, 2.05) is 26.8 Å². The average molecular weight is 500 g/mol. The number of aromatic nitrogens is 3. The Morgan fingerprint density at radius 3 is 2.53 bits per heavy atom. The smallest absolute Gasteiger partial charge is 0.165 e. The monoisotopic (exact) mass is 499 g/mol. The Morgan fingerprint density at radius 2 is 1.91 bits per heavy atom. The molecule has 3 N–H and O–H groups in total. The maximum atomic E-state index is 14.6. The SMILES string of the molecule is Cc1cc(-c2nnc(-c3cc(F)c(OC[C@H](NCl)[C@@H](C)O)cc3Cl)s2)cnc1NC(C)C. The number of rotatable bonds is 9. The van der Waals surface area contributed by atoms with Crippen molar-refractivity contribution in [2.75, 3.05) is 11.9 Å². The van der Waals surface area contributed by atoms with Crippen molar-refractivity contribution < 1.29 is 14.2 Å². The molecular weight excluding hydrogens is 476 g/mol. The van der Waals surface area contributed by atoms with Crippen molar-refractivity contribution >= 4 is 40.5 Å². The van der Waals surface area contributed by atoms with Crippen LogP contribution in [0.3, 0.4) is 0 Å². The summed E-state index contributed by atoms with van der Waals surface area (Å²) in [5.74, 6) is 0.159. The molecule has 0 fully saturated rings. The van der Waals surface area contributed by atoms with Crippen LogP contribution in [0.4, 0.5) is 10.2 Å². The van der Waals surface area contributed by atoms with Crippen LogP contribution >= 0.6 is 34.7 Å². The van der Waals surface area contributed by atoms with Crippen LogP contribution in [0.2, 0.25) is 5.02 Å². The number of halogens is 3. The summed E-state index contributed by atoms with van der Waals surface area (Å²) in [6.45, 7) is 7.58. The quantitative estimate of drug-likeness (QED) is 0.354. The van der Waals surface area contributed by atoms with Gasteiger partial charge in [0.15, 0.2) is 11.6 Å². The lowest BCUT2D eigenvalue weighted by atomic mass is 10.2. The summed E-state index contributed by atoms with van der Waals surface area (Å²) in [5, 5.41) is 22.7. The van der Waals surface area contributed by atoms with Gasteiger partial charge in [0.2, 0.25) is 0 Å². The lowest BCUT2D eigenvalue weighted by Gasteiger charge is -2.18. The highest BCUT2D eigenvalue weighted by Crippen LogP contribution is 2.37. The van der Waals surface area contributed by atoms with Gasteiger partial charge in [0, 0.05) is 29.4 Å². The predicted octanol–water partition coefficient (Wildman–Crippen LogP) is 5.06. The zero-order valence-electron chi connectivity index (χ0n) is 18.0. The average Bonchev–Trinajstić information content (AvgIpc) is 3.21. The first kappa shape index (κ1) is 24.6. The van der Waals surface area contributed by atoms with Crippen LogP contribution in [0.5, 0.6) is 5.75 Å². The van der Waals surface area contributed by atoms with E-state index in [4.69, 9.17) is 28.1 Å². The maximum Gasteiger partial charge on any atom is 0.165 e. The standard InChI is InChI=1S/C21H24Cl2FN5O2S/c1-10(2)26-19-11(3)5-13(8-25-19)20-28-29-21(32-20)14-6-16(24)18(7-15(14)22)31-9-17(27-23)12(4)30/h5-8,10,12,17,27,30H,9H2,1-4H3,(H,25,26)/t12-,17+/m1/s1. The third-order valence-corrected chi connectivity index (χ3v) is 6.17. The van der Waals surface area contributed by atoms with Gasteiger partial charge in [-0.15, -0.1) is 10.2 Å². The van der Waals surface area contributed by atoms with E-state index < -0.39 is 18.0 Å². The molecule has 32 heavy (non-hydrogen) atoms. The Kier molecular flexibility index (Phi) is 8.24. The van der Waals surface area contributed by atoms with Crippen molar-refractivity contribution in [2.45, 2.75) is 45.9 Å². The summed E-state index contributed by atoms with van der Waals surface area (Å²) in [7, 11) is 0. The molecule has 2 heterocycles. The van der Waals surface area contributed by atoms with Crippen LogP contribution in [-0.2, 0) is 0 Å². The summed E-state index contributed by atoms with van der Waals surface area (Å²) < 4.78 is 20.1. The zero-order valence-corrected chi connectivity index (χ0v) is 20.3. The Morgan fingerprint density at radius 1 is 1.19 bits per heavy atom. The fourth-order valence-electron chi connectivity index (χ4n) is 2.81. The number of benzene rings is 1. The van der Waals surface area contributed by atoms with Crippen LogP contribution < -0.4 is 14.9 Å². The van der Waals surface area contributed by atoms with E-state index in [0.29, 0.717) is 15.6 Å². The van der Waals surface area contributed by atoms with E-state index in [2.05, 4.69) is 25.3 Å². The Labute approximate surface area is 200 Å². The topological polar surface area (TPSA) is 92.2 Å². The molecule has 3 aromatic rings. The van der Waals surface area contributed by atoms with Gasteiger partial charge >= 0.3 is 0 Å². The first-order chi connectivity index (χ1) is 15.2. The van der Waals surface area contributed by atoms with Crippen molar-refractivity contribution in [1.82, 2.24) is 20.0 Å². The van der Waals surface area contributed by atoms with Gasteiger partial charge in [-0.3, -0.25) is 0 Å². The number of nitrogens with zero attached hydrogens (tertiary/aromatic N) is 3. The molecule has 2 aromatic heterocycles. The first-order valence-corrected chi connectivity index (χ1v) is 11.5. The summed E-state index contributed by atoms with van der Waals surface area (Å²) in [5.41, 5.74) is 2.21. The van der Waals surface area contributed by atoms with Gasteiger partial charge in [0.1, 0.15) is 22.4 Å². The van der Waals surface area contributed by atoms with Crippen LogP contribution in [0.15, 0.2) is 24.4 Å². The van der Waals surface area contributed by atoms with Crippen LogP contribution in [0.1, 0.15) is 26.3 Å². The molecule has 3 rings (SSSR count). The molecule has 0 aliphatic rings. The largest absolute Gasteiger partial charge is 0.489 e. The summed E-state index contributed by atoms with van der Waals surface area (Å²) in [4.78, 5) is 6.86. The fraction of sp³-hybridized carbons (Fsp3) is 0.381. The molecule has 0 saturated heterocycles. The molecular formula is C21H24Cl2FN5O2S. The predicted molar refractivity (Wildman–Crippen MR) is 127 cm³/mol. The zero-order chi connectivity index (χ0) is 23.4. The van der Waals surface area contributed by atoms with Gasteiger partial charge in [-0.05, 0) is 57.2 Å². The molecule has 0 aliphatic carbocycles. The second kappa shape index (κ2) is 10.7. The van der Waals surface area contributed by atoms with E-state index in [1.54, 1.807) is 13.1 Å². The van der Waals surface area contributed by atoms with Crippen LogP contribution in [0, 0.1) is 12.7 Å². The number of ether oxygens (including phenoxy) is 1. The van der Waals surface area contributed by atoms with Crippen LogP contribution in [-0.4, -0.2) is 45.1 Å². The van der Waals surface area contributed by atoms with E-state index in [1.165, 1.54) is 23.5 Å². The number of hydrogen-bond acceptors (Lipinski definition) is 8. The third kappa shape index (κ3) is 5.85. The molecule has 2 atom stereocenters. The third-order valence-electron chi connectivity index (χ3n) is 4.57. The number of aliphatic hydroxyl groups is 1. The molecule has 0 bridgehead atoms. The highest BCUT2D eigenvalue weighted by molar-refractivity contribution is 7.18. The highest BCUT2D eigenvalue weighted by Gasteiger charge is 2.19. The first-order valence-electron chi connectivity index (χ1n) is 9.93. The fourth-order valence-corrected chi connectivity index (χ4v) is 4.21. The molecule has 172 valence electrons. The molecule has 0 radical (unpaired) electrons. The van der Waals surface area contributed by atoms with E-state index >= 15 is 0 Å². The van der Waals surface area contributed by atoms with E-state index in [0.717, 1.165) is 16.9 Å². The maximum absolute atomic E-state index is 14.6. The minimum atomic E-state index is -0.779. The van der Waals surface area contributed by atoms with Crippen molar-refractivity contribution in [2.24, 2.45) is 0 Å². The minimum Gasteiger partial charge on any atom is -0.489 e. The molecule has 7 nitrogen and oxygen atoms in total. The molecule has 0 saturated carbocycles. The minimum absolute atomic E-state index is 0.0370.